The zero-order valence-electron chi connectivity index (χ0n) is 10.5. The average Bonchev–Trinajstić information content (AvgIpc) is 1.95. The van der Waals surface area contributed by atoms with E-state index in [4.69, 9.17) is 0 Å². The summed E-state index contributed by atoms with van der Waals surface area (Å²) in [5.41, 5.74) is 0.968. The summed E-state index contributed by atoms with van der Waals surface area (Å²) >= 11 is 0. The van der Waals surface area contributed by atoms with Gasteiger partial charge in [0, 0.05) is 11.6 Å². The first kappa shape index (κ1) is 13.2. The molecule has 0 rings (SSSR count). The van der Waals surface area contributed by atoms with Gasteiger partial charge in [0.15, 0.2) is 0 Å². The van der Waals surface area contributed by atoms with Crippen LogP contribution in [0.2, 0.25) is 0 Å². The molecule has 82 valence electrons. The van der Waals surface area contributed by atoms with Gasteiger partial charge in [-0.15, -0.1) is 0 Å². The van der Waals surface area contributed by atoms with Gasteiger partial charge in [-0.2, -0.15) is 0 Å². The summed E-state index contributed by atoms with van der Waals surface area (Å²) in [4.78, 5) is 11.5. The first-order valence-corrected chi connectivity index (χ1v) is 5.03. The highest BCUT2D eigenvalue weighted by atomic mass is 16.2. The predicted octanol–water partition coefficient (Wildman–Crippen LogP) is 3.10. The Labute approximate surface area is 87.8 Å². The van der Waals surface area contributed by atoms with Crippen molar-refractivity contribution in [1.29, 1.82) is 0 Å². The lowest BCUT2D eigenvalue weighted by Gasteiger charge is -2.21. The Kier molecular flexibility index (Phi) is 3.92. The van der Waals surface area contributed by atoms with Gasteiger partial charge in [0.05, 0.1) is 0 Å². The van der Waals surface area contributed by atoms with Crippen LogP contribution in [-0.2, 0) is 4.79 Å². The van der Waals surface area contributed by atoms with Crippen LogP contribution in [0.3, 0.4) is 0 Å². The number of carbonyl (C=O) groups excluding carboxylic acids is 1. The van der Waals surface area contributed by atoms with Gasteiger partial charge in [0.25, 0.3) is 0 Å². The van der Waals surface area contributed by atoms with Crippen molar-refractivity contribution in [1.82, 2.24) is 5.32 Å². The molecule has 0 aliphatic rings. The summed E-state index contributed by atoms with van der Waals surface area (Å²) in [6.07, 6.45) is 1.81. The van der Waals surface area contributed by atoms with Crippen LogP contribution in [0.15, 0.2) is 11.8 Å². The molecule has 1 amide bonds. The lowest BCUT2D eigenvalue weighted by Crippen LogP contribution is -2.32. The topological polar surface area (TPSA) is 29.1 Å². The van der Waals surface area contributed by atoms with E-state index >= 15 is 0 Å². The lowest BCUT2D eigenvalue weighted by molar-refractivity contribution is -0.127. The van der Waals surface area contributed by atoms with Crippen molar-refractivity contribution in [2.75, 3.05) is 0 Å². The maximum Gasteiger partial charge on any atom is 0.229 e. The Morgan fingerprint density at radius 2 is 1.43 bits per heavy atom. The van der Waals surface area contributed by atoms with E-state index in [0.29, 0.717) is 0 Å². The van der Waals surface area contributed by atoms with Gasteiger partial charge in [-0.3, -0.25) is 4.79 Å². The molecule has 0 radical (unpaired) electrons. The van der Waals surface area contributed by atoms with Crippen molar-refractivity contribution in [2.45, 2.75) is 48.5 Å². The second-order valence-electron chi connectivity index (χ2n) is 5.80. The number of nitrogens with one attached hydrogen (secondary N) is 1. The number of hydrogen-bond acceptors (Lipinski definition) is 1. The van der Waals surface area contributed by atoms with Gasteiger partial charge in [-0.05, 0) is 12.3 Å². The van der Waals surface area contributed by atoms with Crippen LogP contribution < -0.4 is 5.32 Å². The fraction of sp³-hybridized carbons (Fsp3) is 0.750. The van der Waals surface area contributed by atoms with Crippen LogP contribution in [0.1, 0.15) is 48.5 Å². The molecule has 0 aromatic rings. The third-order valence-corrected chi connectivity index (χ3v) is 2.28. The van der Waals surface area contributed by atoms with Crippen molar-refractivity contribution in [3.63, 3.8) is 0 Å². The molecule has 14 heavy (non-hydrogen) atoms. The highest BCUT2D eigenvalue weighted by molar-refractivity contribution is 5.82. The Balaban J connectivity index is 4.39. The molecule has 0 heterocycles. The molecule has 0 aliphatic heterocycles. The van der Waals surface area contributed by atoms with Crippen molar-refractivity contribution < 1.29 is 4.79 Å². The first-order chi connectivity index (χ1) is 6.05. The Morgan fingerprint density at radius 3 is 1.71 bits per heavy atom. The number of allylic oxidation sites excluding steroid dienone is 1. The van der Waals surface area contributed by atoms with E-state index in [-0.39, 0.29) is 16.7 Å². The average molecular weight is 197 g/mol. The Hall–Kier alpha value is -0.790. The number of amides is 1. The van der Waals surface area contributed by atoms with E-state index in [2.05, 4.69) is 26.1 Å². The van der Waals surface area contributed by atoms with Gasteiger partial charge in [0.2, 0.25) is 5.91 Å². The monoisotopic (exact) mass is 197 g/mol. The van der Waals surface area contributed by atoms with Crippen molar-refractivity contribution in [2.24, 2.45) is 10.8 Å². The fourth-order valence-corrected chi connectivity index (χ4v) is 0.607. The minimum atomic E-state index is -0.325. The van der Waals surface area contributed by atoms with Gasteiger partial charge in [-0.1, -0.05) is 47.1 Å². The Morgan fingerprint density at radius 1 is 1.00 bits per heavy atom. The molecule has 0 aliphatic carbocycles. The SMILES string of the molecule is C/C(=C\NC(=O)C(C)(C)C)C(C)(C)C. The third kappa shape index (κ3) is 4.45. The van der Waals surface area contributed by atoms with Crippen molar-refractivity contribution in [3.8, 4) is 0 Å². The second-order valence-corrected chi connectivity index (χ2v) is 5.80. The van der Waals surface area contributed by atoms with Crippen LogP contribution in [0, 0.1) is 10.8 Å². The molecule has 0 bridgehead atoms. The van der Waals surface area contributed by atoms with E-state index in [1.54, 1.807) is 0 Å². The highest BCUT2D eigenvalue weighted by Gasteiger charge is 2.20. The normalized spacial score (nSPS) is 14.1. The van der Waals surface area contributed by atoms with Gasteiger partial charge in [-0.25, -0.2) is 0 Å². The number of carbonyl (C=O) groups is 1. The fourth-order valence-electron chi connectivity index (χ4n) is 0.607. The number of rotatable bonds is 1. The smallest absolute Gasteiger partial charge is 0.229 e. The third-order valence-electron chi connectivity index (χ3n) is 2.28. The summed E-state index contributed by atoms with van der Waals surface area (Å²) in [5.74, 6) is 0.0566. The molecule has 0 atom stereocenters. The van der Waals surface area contributed by atoms with Crippen molar-refractivity contribution >= 4 is 5.91 Å². The van der Waals surface area contributed by atoms with E-state index in [9.17, 15) is 4.79 Å². The zero-order valence-corrected chi connectivity index (χ0v) is 10.5. The molecular formula is C12H23NO. The van der Waals surface area contributed by atoms with Crippen LogP contribution in [0.5, 0.6) is 0 Å². The minimum absolute atomic E-state index is 0.0566. The molecule has 0 fully saturated rings. The molecule has 0 saturated heterocycles. The second kappa shape index (κ2) is 4.16. The minimum Gasteiger partial charge on any atom is -0.332 e. The number of hydrogen-bond donors (Lipinski definition) is 1. The molecular weight excluding hydrogens is 174 g/mol. The molecule has 0 unspecified atom stereocenters. The van der Waals surface area contributed by atoms with Gasteiger partial charge >= 0.3 is 0 Å². The summed E-state index contributed by atoms with van der Waals surface area (Å²) in [5, 5.41) is 2.83. The van der Waals surface area contributed by atoms with Crippen molar-refractivity contribution in [3.05, 3.63) is 11.8 Å². The summed E-state index contributed by atoms with van der Waals surface area (Å²) in [7, 11) is 0. The predicted molar refractivity (Wildman–Crippen MR) is 60.8 cm³/mol. The summed E-state index contributed by atoms with van der Waals surface area (Å²) < 4.78 is 0. The lowest BCUT2D eigenvalue weighted by atomic mass is 9.88. The Bertz CT molecular complexity index is 238. The van der Waals surface area contributed by atoms with Gasteiger partial charge < -0.3 is 5.32 Å². The van der Waals surface area contributed by atoms with E-state index in [0.717, 1.165) is 0 Å². The van der Waals surface area contributed by atoms with E-state index in [1.807, 2.05) is 33.9 Å². The van der Waals surface area contributed by atoms with Crippen LogP contribution in [0.4, 0.5) is 0 Å². The molecule has 0 aromatic carbocycles. The standard InChI is InChI=1S/C12H23NO/c1-9(11(2,3)4)8-13-10(14)12(5,6)7/h8H,1-7H3,(H,13,14)/b9-8+. The maximum absolute atomic E-state index is 11.5. The van der Waals surface area contributed by atoms with E-state index in [1.165, 1.54) is 5.57 Å². The highest BCUT2D eigenvalue weighted by Crippen LogP contribution is 2.23. The molecule has 0 saturated carbocycles. The molecule has 1 N–H and O–H groups in total. The van der Waals surface area contributed by atoms with Crippen LogP contribution >= 0.6 is 0 Å². The maximum atomic E-state index is 11.5. The molecule has 2 heteroatoms. The van der Waals surface area contributed by atoms with Gasteiger partial charge in [0.1, 0.15) is 0 Å². The zero-order chi connectivity index (χ0) is 11.6. The molecule has 0 spiro atoms. The van der Waals surface area contributed by atoms with Crippen LogP contribution in [0.25, 0.3) is 0 Å². The quantitative estimate of drug-likeness (QED) is 0.687. The molecule has 0 aromatic heterocycles. The van der Waals surface area contributed by atoms with E-state index < -0.39 is 0 Å². The largest absolute Gasteiger partial charge is 0.332 e. The van der Waals surface area contributed by atoms with Crippen LogP contribution in [-0.4, -0.2) is 5.91 Å². The molecule has 2 nitrogen and oxygen atoms in total. The summed E-state index contributed by atoms with van der Waals surface area (Å²) in [6, 6.07) is 0. The summed E-state index contributed by atoms with van der Waals surface area (Å²) in [6.45, 7) is 14.1. The first-order valence-electron chi connectivity index (χ1n) is 5.03.